The van der Waals surface area contributed by atoms with Gasteiger partial charge in [0.05, 0.1) is 23.1 Å². The number of benzene rings is 1. The van der Waals surface area contributed by atoms with Crippen molar-refractivity contribution in [2.75, 3.05) is 20.8 Å². The van der Waals surface area contributed by atoms with Crippen LogP contribution < -0.4 is 9.46 Å². The second-order valence-corrected chi connectivity index (χ2v) is 7.38. The van der Waals surface area contributed by atoms with Crippen molar-refractivity contribution >= 4 is 33.0 Å². The smallest absolute Gasteiger partial charge is 0.240 e. The largest absolute Gasteiger partial charge is 0.495 e. The van der Waals surface area contributed by atoms with Crippen LogP contribution in [0.4, 0.5) is 0 Å². The predicted molar refractivity (Wildman–Crippen MR) is 87.3 cm³/mol. The van der Waals surface area contributed by atoms with Crippen molar-refractivity contribution in [1.29, 1.82) is 0 Å². The highest BCUT2D eigenvalue weighted by Crippen LogP contribution is 2.27. The molecular formula is C14H16ClNO4S2. The van der Waals surface area contributed by atoms with Crippen LogP contribution in [0.2, 0.25) is 5.02 Å². The van der Waals surface area contributed by atoms with Gasteiger partial charge in [-0.1, -0.05) is 11.6 Å². The van der Waals surface area contributed by atoms with Gasteiger partial charge in [0, 0.05) is 13.7 Å². The molecule has 0 aliphatic rings. The first-order chi connectivity index (χ1) is 10.5. The first-order valence-electron chi connectivity index (χ1n) is 6.36. The molecule has 0 fully saturated rings. The van der Waals surface area contributed by atoms with Crippen molar-refractivity contribution in [2.45, 2.75) is 11.0 Å². The molecular weight excluding hydrogens is 346 g/mol. The fourth-order valence-electron chi connectivity index (χ4n) is 1.88. The Morgan fingerprint density at radius 2 is 2.09 bits per heavy atom. The molecule has 0 aliphatic heterocycles. The lowest BCUT2D eigenvalue weighted by atomic mass is 10.2. The highest BCUT2D eigenvalue weighted by Gasteiger charge is 2.19. The summed E-state index contributed by atoms with van der Waals surface area (Å²) in [5.74, 6) is 0.425. The topological polar surface area (TPSA) is 64.6 Å². The summed E-state index contributed by atoms with van der Waals surface area (Å²) in [5, 5.41) is 4.08. The fraction of sp³-hybridized carbons (Fsp3) is 0.286. The standard InChI is InChI=1S/C14H16ClNO4S2/c1-19-13-4-3-11(7-12(13)15)22(17,18)16-8-14(20-2)10-5-6-21-9-10/h3-7,9,14,16H,8H2,1-2H3. The summed E-state index contributed by atoms with van der Waals surface area (Å²) >= 11 is 7.50. The molecule has 1 unspecified atom stereocenters. The number of halogens is 1. The fourth-order valence-corrected chi connectivity index (χ4v) is 3.96. The molecule has 0 amide bonds. The normalized spacial score (nSPS) is 13.0. The predicted octanol–water partition coefficient (Wildman–Crippen LogP) is 3.08. The van der Waals surface area contributed by atoms with Gasteiger partial charge in [0.1, 0.15) is 5.75 Å². The Morgan fingerprint density at radius 3 is 2.64 bits per heavy atom. The third-order valence-electron chi connectivity index (χ3n) is 3.09. The Bertz CT molecular complexity index is 716. The van der Waals surface area contributed by atoms with Gasteiger partial charge in [0.15, 0.2) is 0 Å². The van der Waals surface area contributed by atoms with Crippen LogP contribution in [0.1, 0.15) is 11.7 Å². The third-order valence-corrected chi connectivity index (χ3v) is 5.51. The van der Waals surface area contributed by atoms with E-state index in [2.05, 4.69) is 4.72 Å². The van der Waals surface area contributed by atoms with Gasteiger partial charge in [-0.05, 0) is 40.6 Å². The van der Waals surface area contributed by atoms with Gasteiger partial charge in [0.25, 0.3) is 0 Å². The maximum Gasteiger partial charge on any atom is 0.240 e. The number of ether oxygens (including phenoxy) is 2. The van der Waals surface area contributed by atoms with E-state index in [1.165, 1.54) is 36.6 Å². The minimum Gasteiger partial charge on any atom is -0.495 e. The molecule has 2 aromatic rings. The van der Waals surface area contributed by atoms with E-state index in [4.69, 9.17) is 21.1 Å². The molecule has 1 heterocycles. The minimum atomic E-state index is -3.67. The number of hydrogen-bond acceptors (Lipinski definition) is 5. The Labute approximate surface area is 138 Å². The zero-order chi connectivity index (χ0) is 16.2. The molecule has 0 spiro atoms. The Kier molecular flexibility index (Phi) is 5.82. The average Bonchev–Trinajstić information content (AvgIpc) is 3.02. The lowest BCUT2D eigenvalue weighted by Crippen LogP contribution is -2.29. The van der Waals surface area contributed by atoms with Gasteiger partial charge in [-0.15, -0.1) is 0 Å². The van der Waals surface area contributed by atoms with Crippen LogP contribution in [0, 0.1) is 0 Å². The third kappa shape index (κ3) is 3.99. The van der Waals surface area contributed by atoms with E-state index < -0.39 is 10.0 Å². The number of thiophene rings is 1. The summed E-state index contributed by atoms with van der Waals surface area (Å²) in [7, 11) is -0.658. The molecule has 8 heteroatoms. The molecule has 1 aromatic heterocycles. The molecule has 1 aromatic carbocycles. The summed E-state index contributed by atoms with van der Waals surface area (Å²) in [6.07, 6.45) is -0.338. The highest BCUT2D eigenvalue weighted by atomic mass is 35.5. The number of methoxy groups -OCH3 is 2. The second kappa shape index (κ2) is 7.43. The summed E-state index contributed by atoms with van der Waals surface area (Å²) < 4.78 is 37.5. The number of nitrogens with one attached hydrogen (secondary N) is 1. The number of hydrogen-bond donors (Lipinski definition) is 1. The van der Waals surface area contributed by atoms with Crippen LogP contribution in [-0.4, -0.2) is 29.2 Å². The Hall–Kier alpha value is -1.12. The lowest BCUT2D eigenvalue weighted by Gasteiger charge is -2.15. The zero-order valence-corrected chi connectivity index (χ0v) is 14.5. The van der Waals surface area contributed by atoms with E-state index in [0.29, 0.717) is 5.75 Å². The molecule has 0 radical (unpaired) electrons. The molecule has 0 aliphatic carbocycles. The summed E-state index contributed by atoms with van der Waals surface area (Å²) in [6, 6.07) is 6.22. The first-order valence-corrected chi connectivity index (χ1v) is 9.16. The van der Waals surface area contributed by atoms with E-state index in [1.807, 2.05) is 16.8 Å². The van der Waals surface area contributed by atoms with E-state index in [1.54, 1.807) is 7.11 Å². The van der Waals surface area contributed by atoms with Crippen LogP contribution in [0.25, 0.3) is 0 Å². The maximum atomic E-state index is 12.3. The monoisotopic (exact) mass is 361 g/mol. The van der Waals surface area contributed by atoms with Crippen molar-refractivity contribution in [3.8, 4) is 5.75 Å². The Balaban J connectivity index is 2.12. The molecule has 22 heavy (non-hydrogen) atoms. The highest BCUT2D eigenvalue weighted by molar-refractivity contribution is 7.89. The molecule has 1 atom stereocenters. The van der Waals surface area contributed by atoms with Crippen molar-refractivity contribution in [2.24, 2.45) is 0 Å². The van der Waals surface area contributed by atoms with Gasteiger partial charge >= 0.3 is 0 Å². The summed E-state index contributed by atoms with van der Waals surface area (Å²) in [5.41, 5.74) is 0.933. The molecule has 0 saturated carbocycles. The van der Waals surface area contributed by atoms with Gasteiger partial charge in [0.2, 0.25) is 10.0 Å². The Morgan fingerprint density at radius 1 is 1.32 bits per heavy atom. The van der Waals surface area contributed by atoms with E-state index >= 15 is 0 Å². The first kappa shape index (κ1) is 17.2. The summed E-state index contributed by atoms with van der Waals surface area (Å²) in [6.45, 7) is 0.138. The van der Waals surface area contributed by atoms with Crippen LogP contribution in [0.5, 0.6) is 5.75 Å². The van der Waals surface area contributed by atoms with Crippen molar-refractivity contribution in [3.05, 3.63) is 45.6 Å². The average molecular weight is 362 g/mol. The molecule has 0 saturated heterocycles. The van der Waals surface area contributed by atoms with Gasteiger partial charge in [-0.2, -0.15) is 11.3 Å². The zero-order valence-electron chi connectivity index (χ0n) is 12.1. The molecule has 120 valence electrons. The number of rotatable bonds is 7. The van der Waals surface area contributed by atoms with Gasteiger partial charge in [-0.3, -0.25) is 0 Å². The van der Waals surface area contributed by atoms with Crippen LogP contribution in [0.15, 0.2) is 39.9 Å². The van der Waals surface area contributed by atoms with Gasteiger partial charge < -0.3 is 9.47 Å². The molecule has 1 N–H and O–H groups in total. The van der Waals surface area contributed by atoms with E-state index in [9.17, 15) is 8.42 Å². The minimum absolute atomic E-state index is 0.0819. The van der Waals surface area contributed by atoms with Crippen molar-refractivity contribution in [1.82, 2.24) is 4.72 Å². The maximum absolute atomic E-state index is 12.3. The SMILES string of the molecule is COc1ccc(S(=O)(=O)NCC(OC)c2ccsc2)cc1Cl. The van der Waals surface area contributed by atoms with Crippen molar-refractivity contribution < 1.29 is 17.9 Å². The van der Waals surface area contributed by atoms with Gasteiger partial charge in [-0.25, -0.2) is 13.1 Å². The van der Waals surface area contributed by atoms with E-state index in [-0.39, 0.29) is 22.6 Å². The van der Waals surface area contributed by atoms with Crippen LogP contribution >= 0.6 is 22.9 Å². The molecule has 2 rings (SSSR count). The van der Waals surface area contributed by atoms with Crippen LogP contribution in [-0.2, 0) is 14.8 Å². The number of sulfonamides is 1. The second-order valence-electron chi connectivity index (χ2n) is 4.43. The molecule has 5 nitrogen and oxygen atoms in total. The van der Waals surface area contributed by atoms with E-state index in [0.717, 1.165) is 5.56 Å². The van der Waals surface area contributed by atoms with Crippen molar-refractivity contribution in [3.63, 3.8) is 0 Å². The summed E-state index contributed by atoms with van der Waals surface area (Å²) in [4.78, 5) is 0.0819. The quantitative estimate of drug-likeness (QED) is 0.823. The molecule has 0 bridgehead atoms. The lowest BCUT2D eigenvalue weighted by molar-refractivity contribution is 0.107. The van der Waals surface area contributed by atoms with Crippen LogP contribution in [0.3, 0.4) is 0 Å².